The van der Waals surface area contributed by atoms with Gasteiger partial charge in [0.05, 0.1) is 5.56 Å². The van der Waals surface area contributed by atoms with Crippen LogP contribution < -0.4 is 5.32 Å². The Morgan fingerprint density at radius 2 is 2.21 bits per heavy atom. The first-order valence-corrected chi connectivity index (χ1v) is 7.14. The second-order valence-electron chi connectivity index (χ2n) is 4.43. The molecule has 2 rings (SSSR count). The Hall–Kier alpha value is -1.01. The molecule has 1 aromatic rings. The number of ketones is 1. The summed E-state index contributed by atoms with van der Waals surface area (Å²) in [5, 5.41) is 3.20. The molecule has 1 unspecified atom stereocenters. The van der Waals surface area contributed by atoms with Gasteiger partial charge in [-0.3, -0.25) is 4.79 Å². The highest BCUT2D eigenvalue weighted by atomic mass is 32.2. The first-order valence-electron chi connectivity index (χ1n) is 5.98. The van der Waals surface area contributed by atoms with Gasteiger partial charge in [0, 0.05) is 36.1 Å². The largest absolute Gasteiger partial charge is 0.416 e. The summed E-state index contributed by atoms with van der Waals surface area (Å²) in [6.45, 7) is 0.838. The number of benzene rings is 1. The molecule has 6 heteroatoms. The van der Waals surface area contributed by atoms with Crippen LogP contribution in [0.1, 0.15) is 22.3 Å². The van der Waals surface area contributed by atoms with E-state index in [0.717, 1.165) is 30.2 Å². The van der Waals surface area contributed by atoms with Crippen LogP contribution in [-0.4, -0.2) is 29.9 Å². The maximum absolute atomic E-state index is 12.6. The van der Waals surface area contributed by atoms with Crippen molar-refractivity contribution in [1.82, 2.24) is 5.32 Å². The lowest BCUT2D eigenvalue weighted by atomic mass is 10.0. The first kappa shape index (κ1) is 14.4. The average molecular weight is 289 g/mol. The zero-order valence-corrected chi connectivity index (χ0v) is 11.0. The molecular weight excluding hydrogens is 275 g/mol. The lowest BCUT2D eigenvalue weighted by Crippen LogP contribution is -2.38. The minimum Gasteiger partial charge on any atom is -0.312 e. The topological polar surface area (TPSA) is 29.1 Å². The van der Waals surface area contributed by atoms with Gasteiger partial charge in [0.15, 0.2) is 5.78 Å². The van der Waals surface area contributed by atoms with E-state index in [1.165, 1.54) is 12.1 Å². The van der Waals surface area contributed by atoms with Gasteiger partial charge in [-0.05, 0) is 12.1 Å². The van der Waals surface area contributed by atoms with Crippen molar-refractivity contribution in [2.75, 3.05) is 18.1 Å². The molecule has 104 valence electrons. The Morgan fingerprint density at radius 1 is 1.42 bits per heavy atom. The van der Waals surface area contributed by atoms with Gasteiger partial charge in [0.1, 0.15) is 0 Å². The number of thioether (sulfide) groups is 1. The molecule has 19 heavy (non-hydrogen) atoms. The Morgan fingerprint density at radius 3 is 2.84 bits per heavy atom. The summed E-state index contributed by atoms with van der Waals surface area (Å²) < 4.78 is 37.7. The first-order chi connectivity index (χ1) is 8.97. The number of hydrogen-bond acceptors (Lipinski definition) is 3. The van der Waals surface area contributed by atoms with E-state index in [9.17, 15) is 18.0 Å². The third-order valence-electron chi connectivity index (χ3n) is 2.94. The van der Waals surface area contributed by atoms with E-state index < -0.39 is 11.7 Å². The zero-order chi connectivity index (χ0) is 13.9. The molecule has 1 aromatic carbocycles. The predicted molar refractivity (Wildman–Crippen MR) is 69.5 cm³/mol. The fourth-order valence-electron chi connectivity index (χ4n) is 1.96. The van der Waals surface area contributed by atoms with Crippen molar-refractivity contribution >= 4 is 17.5 Å². The van der Waals surface area contributed by atoms with Crippen LogP contribution in [0.15, 0.2) is 24.3 Å². The Labute approximate surface area is 113 Å². The number of carbonyl (C=O) groups excluding carboxylic acids is 1. The van der Waals surface area contributed by atoms with Crippen molar-refractivity contribution < 1.29 is 18.0 Å². The van der Waals surface area contributed by atoms with Crippen LogP contribution in [0.4, 0.5) is 13.2 Å². The maximum Gasteiger partial charge on any atom is 0.416 e. The number of Topliss-reactive ketones (excluding diaryl/α,β-unsaturated/α-hetero) is 1. The van der Waals surface area contributed by atoms with Crippen LogP contribution in [-0.2, 0) is 6.18 Å². The molecule has 1 aliphatic heterocycles. The van der Waals surface area contributed by atoms with Crippen molar-refractivity contribution in [2.24, 2.45) is 0 Å². The SMILES string of the molecule is O=C(CC1CSCCN1)c1cccc(C(F)(F)F)c1. The maximum atomic E-state index is 12.6. The minimum absolute atomic E-state index is 0.0563. The van der Waals surface area contributed by atoms with Gasteiger partial charge in [-0.1, -0.05) is 12.1 Å². The zero-order valence-electron chi connectivity index (χ0n) is 10.2. The fraction of sp³-hybridized carbons (Fsp3) is 0.462. The number of nitrogens with one attached hydrogen (secondary N) is 1. The van der Waals surface area contributed by atoms with E-state index in [1.807, 2.05) is 0 Å². The summed E-state index contributed by atoms with van der Waals surface area (Å²) in [6, 6.07) is 4.68. The summed E-state index contributed by atoms with van der Waals surface area (Å²) in [5.74, 6) is 1.59. The third-order valence-corrected chi connectivity index (χ3v) is 4.07. The predicted octanol–water partition coefficient (Wildman–Crippen LogP) is 2.98. The number of alkyl halides is 3. The summed E-state index contributed by atoms with van der Waals surface area (Å²) in [6.07, 6.45) is -4.16. The highest BCUT2D eigenvalue weighted by Crippen LogP contribution is 2.29. The molecule has 0 saturated carbocycles. The van der Waals surface area contributed by atoms with E-state index in [4.69, 9.17) is 0 Å². The van der Waals surface area contributed by atoms with Gasteiger partial charge >= 0.3 is 6.18 Å². The molecule has 1 saturated heterocycles. The monoisotopic (exact) mass is 289 g/mol. The van der Waals surface area contributed by atoms with Gasteiger partial charge in [0.25, 0.3) is 0 Å². The van der Waals surface area contributed by atoms with Gasteiger partial charge in [-0.2, -0.15) is 24.9 Å². The summed E-state index contributed by atoms with van der Waals surface area (Å²) in [4.78, 5) is 12.0. The molecular formula is C13H14F3NOS. The normalized spacial score (nSPS) is 20.3. The lowest BCUT2D eigenvalue weighted by molar-refractivity contribution is -0.137. The van der Waals surface area contributed by atoms with Gasteiger partial charge in [0.2, 0.25) is 0 Å². The Bertz CT molecular complexity index is 455. The highest BCUT2D eigenvalue weighted by Gasteiger charge is 2.31. The van der Waals surface area contributed by atoms with Gasteiger partial charge < -0.3 is 5.32 Å². The molecule has 0 amide bonds. The molecule has 1 N–H and O–H groups in total. The molecule has 0 aromatic heterocycles. The van der Waals surface area contributed by atoms with Crippen molar-refractivity contribution in [3.8, 4) is 0 Å². The molecule has 1 fully saturated rings. The highest BCUT2D eigenvalue weighted by molar-refractivity contribution is 7.99. The van der Waals surface area contributed by atoms with Crippen molar-refractivity contribution in [3.05, 3.63) is 35.4 Å². The smallest absolute Gasteiger partial charge is 0.312 e. The number of rotatable bonds is 3. The standard InChI is InChI=1S/C13H14F3NOS/c14-13(15,16)10-3-1-2-9(6-10)12(18)7-11-8-19-5-4-17-11/h1-3,6,11,17H,4-5,7-8H2. The van der Waals surface area contributed by atoms with Gasteiger partial charge in [-0.25, -0.2) is 0 Å². The van der Waals surface area contributed by atoms with Crippen molar-refractivity contribution in [3.63, 3.8) is 0 Å². The number of hydrogen-bond donors (Lipinski definition) is 1. The molecule has 1 heterocycles. The quantitative estimate of drug-likeness (QED) is 0.867. The molecule has 1 aliphatic rings. The van der Waals surface area contributed by atoms with Crippen LogP contribution in [0, 0.1) is 0 Å². The average Bonchev–Trinajstić information content (AvgIpc) is 2.39. The Balaban J connectivity index is 2.06. The van der Waals surface area contributed by atoms with Crippen LogP contribution in [0.5, 0.6) is 0 Å². The number of halogens is 3. The summed E-state index contributed by atoms with van der Waals surface area (Å²) >= 11 is 1.75. The van der Waals surface area contributed by atoms with E-state index >= 15 is 0 Å². The molecule has 1 atom stereocenters. The summed E-state index contributed by atoms with van der Waals surface area (Å²) in [7, 11) is 0. The summed E-state index contributed by atoms with van der Waals surface area (Å²) in [5.41, 5.74) is -0.642. The molecule has 2 nitrogen and oxygen atoms in total. The molecule has 0 spiro atoms. The minimum atomic E-state index is -4.41. The Kier molecular flexibility index (Phi) is 4.52. The van der Waals surface area contributed by atoms with E-state index in [2.05, 4.69) is 5.32 Å². The second kappa shape index (κ2) is 5.96. The van der Waals surface area contributed by atoms with Gasteiger partial charge in [-0.15, -0.1) is 0 Å². The molecule has 0 aliphatic carbocycles. The van der Waals surface area contributed by atoms with Crippen molar-refractivity contribution in [2.45, 2.75) is 18.6 Å². The molecule has 0 bridgehead atoms. The van der Waals surface area contributed by atoms with Crippen LogP contribution >= 0.6 is 11.8 Å². The fourth-order valence-corrected chi connectivity index (χ4v) is 2.91. The van der Waals surface area contributed by atoms with Crippen LogP contribution in [0.3, 0.4) is 0 Å². The molecule has 0 radical (unpaired) electrons. The second-order valence-corrected chi connectivity index (χ2v) is 5.58. The van der Waals surface area contributed by atoms with Crippen LogP contribution in [0.2, 0.25) is 0 Å². The van der Waals surface area contributed by atoms with Crippen molar-refractivity contribution in [1.29, 1.82) is 0 Å². The van der Waals surface area contributed by atoms with E-state index in [1.54, 1.807) is 11.8 Å². The lowest BCUT2D eigenvalue weighted by Gasteiger charge is -2.22. The van der Waals surface area contributed by atoms with E-state index in [-0.39, 0.29) is 23.8 Å². The van der Waals surface area contributed by atoms with E-state index in [0.29, 0.717) is 0 Å². The third kappa shape index (κ3) is 3.98. The number of carbonyl (C=O) groups is 1. The van der Waals surface area contributed by atoms with Crippen LogP contribution in [0.25, 0.3) is 0 Å².